The quantitative estimate of drug-likeness (QED) is 0.311. The van der Waals surface area contributed by atoms with Gasteiger partial charge in [-0.2, -0.15) is 0 Å². The van der Waals surface area contributed by atoms with Gasteiger partial charge in [-0.05, 0) is 0 Å². The van der Waals surface area contributed by atoms with Gasteiger partial charge in [-0.3, -0.25) is 4.79 Å². The number of methoxy groups -OCH3 is 4. The van der Waals surface area contributed by atoms with Crippen molar-refractivity contribution in [3.63, 3.8) is 0 Å². The van der Waals surface area contributed by atoms with Gasteiger partial charge in [0.2, 0.25) is 0 Å². The van der Waals surface area contributed by atoms with E-state index in [0.29, 0.717) is 12.7 Å². The molecule has 0 saturated carbocycles. The SMILES string of the molecule is COC(CCC(=O)C(C=O)CC(OC)OC)OC. The molecule has 6 heteroatoms. The van der Waals surface area contributed by atoms with Gasteiger partial charge in [0.25, 0.3) is 0 Å². The summed E-state index contributed by atoms with van der Waals surface area (Å²) >= 11 is 0. The van der Waals surface area contributed by atoms with E-state index in [1.54, 1.807) is 0 Å². The zero-order valence-corrected chi connectivity index (χ0v) is 11.4. The molecule has 1 unspecified atom stereocenters. The van der Waals surface area contributed by atoms with Crippen molar-refractivity contribution in [2.24, 2.45) is 5.92 Å². The molecule has 0 N–H and O–H groups in total. The summed E-state index contributed by atoms with van der Waals surface area (Å²) in [5.41, 5.74) is 0. The predicted molar refractivity (Wildman–Crippen MR) is 64.0 cm³/mol. The molecule has 0 heterocycles. The van der Waals surface area contributed by atoms with Crippen LogP contribution >= 0.6 is 0 Å². The molecular weight excluding hydrogens is 240 g/mol. The topological polar surface area (TPSA) is 71.1 Å². The molecule has 0 amide bonds. The second kappa shape index (κ2) is 10.1. The summed E-state index contributed by atoms with van der Waals surface area (Å²) in [6.07, 6.45) is 0.505. The van der Waals surface area contributed by atoms with E-state index in [1.165, 1.54) is 28.4 Å². The van der Waals surface area contributed by atoms with Crippen molar-refractivity contribution < 1.29 is 28.5 Å². The van der Waals surface area contributed by atoms with Gasteiger partial charge in [0.1, 0.15) is 12.1 Å². The third kappa shape index (κ3) is 6.20. The fourth-order valence-electron chi connectivity index (χ4n) is 1.54. The first-order chi connectivity index (χ1) is 8.62. The minimum Gasteiger partial charge on any atom is -0.356 e. The number of aldehydes is 1. The van der Waals surface area contributed by atoms with E-state index in [-0.39, 0.29) is 18.6 Å². The molecule has 0 aliphatic heterocycles. The molecule has 0 aliphatic carbocycles. The molecule has 0 rings (SSSR count). The van der Waals surface area contributed by atoms with Gasteiger partial charge in [-0.15, -0.1) is 0 Å². The standard InChI is InChI=1S/C12H22O6/c1-15-11(16-2)6-5-10(14)9(8-13)7-12(17-3)18-4/h8-9,11-12H,5-7H2,1-4H3. The Kier molecular flexibility index (Phi) is 9.67. The number of carbonyl (C=O) groups excluding carboxylic acids is 2. The molecule has 0 aliphatic rings. The molecule has 106 valence electrons. The van der Waals surface area contributed by atoms with E-state index in [0.717, 1.165) is 0 Å². The van der Waals surface area contributed by atoms with Crippen molar-refractivity contribution in [3.05, 3.63) is 0 Å². The number of hydrogen-bond acceptors (Lipinski definition) is 6. The Morgan fingerprint density at radius 1 is 1.00 bits per heavy atom. The molecule has 0 saturated heterocycles. The molecule has 0 aromatic rings. The van der Waals surface area contributed by atoms with Crippen LogP contribution in [0.4, 0.5) is 0 Å². The Balaban J connectivity index is 4.22. The third-order valence-electron chi connectivity index (χ3n) is 2.70. The van der Waals surface area contributed by atoms with Crippen LogP contribution in [0.1, 0.15) is 19.3 Å². The second-order valence-corrected chi connectivity index (χ2v) is 3.79. The van der Waals surface area contributed by atoms with Crippen molar-refractivity contribution in [2.45, 2.75) is 31.8 Å². The number of carbonyl (C=O) groups is 2. The lowest BCUT2D eigenvalue weighted by atomic mass is 9.98. The van der Waals surface area contributed by atoms with E-state index in [2.05, 4.69) is 0 Å². The first-order valence-corrected chi connectivity index (χ1v) is 5.72. The predicted octanol–water partition coefficient (Wildman–Crippen LogP) is 0.779. The fourth-order valence-corrected chi connectivity index (χ4v) is 1.54. The third-order valence-corrected chi connectivity index (χ3v) is 2.70. The number of rotatable bonds is 11. The molecule has 0 bridgehead atoms. The minimum absolute atomic E-state index is 0.164. The zero-order chi connectivity index (χ0) is 14.0. The van der Waals surface area contributed by atoms with Crippen LogP contribution in [0.15, 0.2) is 0 Å². The summed E-state index contributed by atoms with van der Waals surface area (Å²) in [5, 5.41) is 0. The lowest BCUT2D eigenvalue weighted by molar-refractivity contribution is -0.142. The monoisotopic (exact) mass is 262 g/mol. The Hall–Kier alpha value is -0.820. The average Bonchev–Trinajstić information content (AvgIpc) is 2.41. The molecule has 1 atom stereocenters. The maximum atomic E-state index is 11.8. The summed E-state index contributed by atoms with van der Waals surface area (Å²) < 4.78 is 19.9. The van der Waals surface area contributed by atoms with Crippen LogP contribution in [0.5, 0.6) is 0 Å². The number of ether oxygens (including phenoxy) is 4. The Morgan fingerprint density at radius 3 is 1.89 bits per heavy atom. The summed E-state index contributed by atoms with van der Waals surface area (Å²) in [6.45, 7) is 0. The van der Waals surface area contributed by atoms with Crippen molar-refractivity contribution in [3.8, 4) is 0 Å². The molecule has 0 fully saturated rings. The summed E-state index contributed by atoms with van der Waals surface area (Å²) in [4.78, 5) is 22.7. The van der Waals surface area contributed by atoms with Crippen LogP contribution in [0.25, 0.3) is 0 Å². The highest BCUT2D eigenvalue weighted by Gasteiger charge is 2.23. The van der Waals surface area contributed by atoms with E-state index in [9.17, 15) is 9.59 Å². The van der Waals surface area contributed by atoms with Crippen molar-refractivity contribution >= 4 is 12.1 Å². The highest BCUT2D eigenvalue weighted by Crippen LogP contribution is 2.13. The maximum Gasteiger partial charge on any atom is 0.157 e. The van der Waals surface area contributed by atoms with Crippen molar-refractivity contribution in [2.75, 3.05) is 28.4 Å². The van der Waals surface area contributed by atoms with Gasteiger partial charge in [0.15, 0.2) is 12.6 Å². The highest BCUT2D eigenvalue weighted by atomic mass is 16.7. The van der Waals surface area contributed by atoms with Crippen LogP contribution < -0.4 is 0 Å². The highest BCUT2D eigenvalue weighted by molar-refractivity contribution is 5.93. The van der Waals surface area contributed by atoms with Crippen LogP contribution in [0, 0.1) is 5.92 Å². The van der Waals surface area contributed by atoms with Gasteiger partial charge in [0, 0.05) is 47.7 Å². The van der Waals surface area contributed by atoms with E-state index >= 15 is 0 Å². The number of ketones is 1. The van der Waals surface area contributed by atoms with E-state index in [1.807, 2.05) is 0 Å². The van der Waals surface area contributed by atoms with Gasteiger partial charge in [0.05, 0.1) is 5.92 Å². The van der Waals surface area contributed by atoms with Gasteiger partial charge >= 0.3 is 0 Å². The number of Topliss-reactive ketones (excluding diaryl/α,β-unsaturated/α-hetero) is 1. The van der Waals surface area contributed by atoms with Crippen LogP contribution in [0.2, 0.25) is 0 Å². The molecule has 0 spiro atoms. The normalized spacial score (nSPS) is 13.0. The first-order valence-electron chi connectivity index (χ1n) is 5.72. The molecule has 6 nitrogen and oxygen atoms in total. The molecular formula is C12H22O6. The van der Waals surface area contributed by atoms with Crippen LogP contribution in [-0.2, 0) is 28.5 Å². The van der Waals surface area contributed by atoms with Crippen LogP contribution in [0.3, 0.4) is 0 Å². The lowest BCUT2D eigenvalue weighted by Crippen LogP contribution is -2.26. The van der Waals surface area contributed by atoms with Gasteiger partial charge in [-0.1, -0.05) is 0 Å². The minimum atomic E-state index is -0.718. The Labute approximate surface area is 108 Å². The van der Waals surface area contributed by atoms with Gasteiger partial charge < -0.3 is 23.7 Å². The van der Waals surface area contributed by atoms with Crippen molar-refractivity contribution in [1.82, 2.24) is 0 Å². The summed E-state index contributed by atoms with van der Waals surface area (Å²) in [7, 11) is 5.93. The number of hydrogen-bond donors (Lipinski definition) is 0. The first kappa shape index (κ1) is 17.2. The molecule has 0 aromatic carbocycles. The summed E-state index contributed by atoms with van der Waals surface area (Å²) in [6, 6.07) is 0. The zero-order valence-electron chi connectivity index (χ0n) is 11.4. The second-order valence-electron chi connectivity index (χ2n) is 3.79. The average molecular weight is 262 g/mol. The van der Waals surface area contributed by atoms with Crippen molar-refractivity contribution in [1.29, 1.82) is 0 Å². The smallest absolute Gasteiger partial charge is 0.157 e. The largest absolute Gasteiger partial charge is 0.356 e. The fraction of sp³-hybridized carbons (Fsp3) is 0.833. The Morgan fingerprint density at radius 2 is 1.50 bits per heavy atom. The lowest BCUT2D eigenvalue weighted by Gasteiger charge is -2.18. The maximum absolute atomic E-state index is 11.8. The van der Waals surface area contributed by atoms with E-state index < -0.39 is 18.5 Å². The molecule has 18 heavy (non-hydrogen) atoms. The van der Waals surface area contributed by atoms with E-state index in [4.69, 9.17) is 18.9 Å². The van der Waals surface area contributed by atoms with Gasteiger partial charge in [-0.25, -0.2) is 0 Å². The Bertz CT molecular complexity index is 235. The summed E-state index contributed by atoms with van der Waals surface area (Å²) in [5.74, 6) is -0.882. The van der Waals surface area contributed by atoms with Crippen LogP contribution in [-0.4, -0.2) is 53.1 Å². The molecule has 0 radical (unpaired) electrons. The molecule has 0 aromatic heterocycles.